The fourth-order valence-electron chi connectivity index (χ4n) is 7.10. The third-order valence-corrected chi connectivity index (χ3v) is 8.05. The minimum atomic E-state index is -0.912. The van der Waals surface area contributed by atoms with Gasteiger partial charge in [0.25, 0.3) is 0 Å². The van der Waals surface area contributed by atoms with Gasteiger partial charge in [0.2, 0.25) is 0 Å². The number of hydrogen-bond acceptors (Lipinski definition) is 2. The fraction of sp³-hybridized carbons (Fsp3) is 0.370. The number of rotatable bonds is 3. The van der Waals surface area contributed by atoms with Crippen LogP contribution in [-0.4, -0.2) is 16.2 Å². The van der Waals surface area contributed by atoms with Gasteiger partial charge in [-0.15, -0.1) is 0 Å². The predicted octanol–water partition coefficient (Wildman–Crippen LogP) is 6.38. The summed E-state index contributed by atoms with van der Waals surface area (Å²) < 4.78 is 0. The normalized spacial score (nSPS) is 29.4. The number of aromatic carboxylic acids is 1. The van der Waals surface area contributed by atoms with Crippen molar-refractivity contribution in [2.45, 2.75) is 43.9 Å². The molecule has 0 aromatic heterocycles. The first-order valence-corrected chi connectivity index (χ1v) is 11.1. The first-order chi connectivity index (χ1) is 14.5. The molecule has 3 nitrogen and oxygen atoms in total. The number of hydrogen-bond donors (Lipinski definition) is 2. The summed E-state index contributed by atoms with van der Waals surface area (Å²) in [4.78, 5) is 11.1. The summed E-state index contributed by atoms with van der Waals surface area (Å²) >= 11 is 0. The summed E-state index contributed by atoms with van der Waals surface area (Å²) in [7, 11) is 0. The maximum atomic E-state index is 11.1. The van der Waals surface area contributed by atoms with Crippen molar-refractivity contribution < 1.29 is 15.0 Å². The third kappa shape index (κ3) is 2.75. The molecule has 0 amide bonds. The number of fused-ring (bicyclic) bond motifs is 1. The molecule has 0 saturated heterocycles. The zero-order valence-electron chi connectivity index (χ0n) is 17.0. The zero-order valence-corrected chi connectivity index (χ0v) is 17.0. The predicted molar refractivity (Wildman–Crippen MR) is 118 cm³/mol. The van der Waals surface area contributed by atoms with Crippen LogP contribution in [-0.2, 0) is 5.41 Å². The van der Waals surface area contributed by atoms with Gasteiger partial charge in [0.1, 0.15) is 5.75 Å². The Morgan fingerprint density at radius 1 is 0.800 bits per heavy atom. The summed E-state index contributed by atoms with van der Waals surface area (Å²) in [6.45, 7) is 0. The van der Waals surface area contributed by atoms with Gasteiger partial charge in [-0.2, -0.15) is 0 Å². The van der Waals surface area contributed by atoms with Gasteiger partial charge in [-0.05, 0) is 108 Å². The Bertz CT molecular complexity index is 1120. The average molecular weight is 399 g/mol. The minimum Gasteiger partial charge on any atom is -0.507 e. The third-order valence-electron chi connectivity index (χ3n) is 8.05. The van der Waals surface area contributed by atoms with Crippen LogP contribution in [0.2, 0.25) is 0 Å². The van der Waals surface area contributed by atoms with Gasteiger partial charge >= 0.3 is 5.97 Å². The standard InChI is InChI=1S/C27H26O3/c28-25-12-23(27-13-16-7-17(14-27)9-18(8-16)15-27)11-22-10-21(5-6-24(22)25)19-1-3-20(4-2-19)26(29)30/h1-6,10-12,16-18,28H,7-9,13-15H2,(H,29,30). The molecule has 0 aliphatic heterocycles. The highest BCUT2D eigenvalue weighted by atomic mass is 16.4. The van der Waals surface area contributed by atoms with Gasteiger partial charge in [0, 0.05) is 5.39 Å². The van der Waals surface area contributed by atoms with Crippen molar-refractivity contribution in [3.8, 4) is 16.9 Å². The van der Waals surface area contributed by atoms with E-state index in [0.29, 0.717) is 11.3 Å². The van der Waals surface area contributed by atoms with Gasteiger partial charge < -0.3 is 10.2 Å². The Morgan fingerprint density at radius 2 is 1.40 bits per heavy atom. The van der Waals surface area contributed by atoms with Crippen LogP contribution < -0.4 is 0 Å². The van der Waals surface area contributed by atoms with Gasteiger partial charge in [-0.3, -0.25) is 0 Å². The van der Waals surface area contributed by atoms with E-state index in [1.165, 1.54) is 44.1 Å². The van der Waals surface area contributed by atoms with Crippen LogP contribution >= 0.6 is 0 Å². The maximum Gasteiger partial charge on any atom is 0.335 e. The van der Waals surface area contributed by atoms with Crippen molar-refractivity contribution in [3.05, 3.63) is 65.7 Å². The molecule has 4 fully saturated rings. The Hall–Kier alpha value is -2.81. The first kappa shape index (κ1) is 18.0. The lowest BCUT2D eigenvalue weighted by Gasteiger charge is -2.57. The van der Waals surface area contributed by atoms with Gasteiger partial charge in [0.15, 0.2) is 0 Å². The molecule has 0 unspecified atom stereocenters. The number of carbonyl (C=O) groups is 1. The Labute approximate surface area is 176 Å². The number of carboxylic acid groups (broad SMARTS) is 1. The van der Waals surface area contributed by atoms with E-state index in [1.54, 1.807) is 12.1 Å². The zero-order chi connectivity index (χ0) is 20.5. The number of aromatic hydroxyl groups is 1. The summed E-state index contributed by atoms with van der Waals surface area (Å²) in [6.07, 6.45) is 8.07. The molecule has 4 aliphatic rings. The average Bonchev–Trinajstić information content (AvgIpc) is 2.72. The Morgan fingerprint density at radius 3 is 2.00 bits per heavy atom. The van der Waals surface area contributed by atoms with Crippen LogP contribution in [0.15, 0.2) is 54.6 Å². The lowest BCUT2D eigenvalue weighted by atomic mass is 9.48. The SMILES string of the molecule is O=C(O)c1ccc(-c2ccc3c(O)cc(C45CC6CC(CC(C6)C4)C5)cc3c2)cc1. The maximum absolute atomic E-state index is 11.1. The van der Waals surface area contributed by atoms with Crippen LogP contribution in [0.25, 0.3) is 21.9 Å². The molecule has 0 spiro atoms. The highest BCUT2D eigenvalue weighted by Gasteiger charge is 2.51. The lowest BCUT2D eigenvalue weighted by Crippen LogP contribution is -2.48. The van der Waals surface area contributed by atoms with E-state index in [0.717, 1.165) is 39.7 Å². The lowest BCUT2D eigenvalue weighted by molar-refractivity contribution is -0.00520. The smallest absolute Gasteiger partial charge is 0.335 e. The Kier molecular flexibility index (Phi) is 3.80. The van der Waals surface area contributed by atoms with E-state index in [4.69, 9.17) is 5.11 Å². The summed E-state index contributed by atoms with van der Waals surface area (Å²) in [5.41, 5.74) is 3.90. The molecule has 2 N–H and O–H groups in total. The van der Waals surface area contributed by atoms with E-state index in [9.17, 15) is 9.90 Å². The highest BCUT2D eigenvalue weighted by molar-refractivity contribution is 5.93. The monoisotopic (exact) mass is 398 g/mol. The molecule has 4 aliphatic carbocycles. The van der Waals surface area contributed by atoms with E-state index < -0.39 is 5.97 Å². The second kappa shape index (κ2) is 6.34. The first-order valence-electron chi connectivity index (χ1n) is 11.1. The second-order valence-electron chi connectivity index (χ2n) is 10.0. The van der Waals surface area contributed by atoms with Crippen LogP contribution in [0.3, 0.4) is 0 Å². The van der Waals surface area contributed by atoms with E-state index in [2.05, 4.69) is 12.1 Å². The van der Waals surface area contributed by atoms with Crippen LogP contribution in [0.4, 0.5) is 0 Å². The summed E-state index contributed by atoms with van der Waals surface area (Å²) in [5.74, 6) is 2.07. The van der Waals surface area contributed by atoms with Crippen LogP contribution in [0.1, 0.15) is 54.4 Å². The number of benzene rings is 3. The number of carboxylic acids is 1. The van der Waals surface area contributed by atoms with Gasteiger partial charge in [0.05, 0.1) is 5.56 Å². The molecule has 0 heterocycles. The number of phenols is 1. The largest absolute Gasteiger partial charge is 0.507 e. The van der Waals surface area contributed by atoms with Crippen LogP contribution in [0, 0.1) is 17.8 Å². The van der Waals surface area contributed by atoms with Crippen molar-refractivity contribution >= 4 is 16.7 Å². The van der Waals surface area contributed by atoms with Crippen molar-refractivity contribution in [2.75, 3.05) is 0 Å². The minimum absolute atomic E-state index is 0.250. The van der Waals surface area contributed by atoms with Gasteiger partial charge in [-0.25, -0.2) is 4.79 Å². The van der Waals surface area contributed by atoms with Crippen molar-refractivity contribution in [3.63, 3.8) is 0 Å². The molecule has 7 rings (SSSR count). The van der Waals surface area contributed by atoms with Gasteiger partial charge in [-0.1, -0.05) is 30.3 Å². The molecule has 3 heteroatoms. The molecule has 152 valence electrons. The van der Waals surface area contributed by atoms with Crippen LogP contribution in [0.5, 0.6) is 5.75 Å². The molecule has 0 atom stereocenters. The summed E-state index contributed by atoms with van der Waals surface area (Å²) in [5, 5.41) is 21.9. The van der Waals surface area contributed by atoms with E-state index in [-0.39, 0.29) is 5.41 Å². The summed E-state index contributed by atoms with van der Waals surface area (Å²) in [6, 6.07) is 17.5. The molecular formula is C27H26O3. The van der Waals surface area contributed by atoms with Crippen molar-refractivity contribution in [1.82, 2.24) is 0 Å². The molecule has 4 saturated carbocycles. The quantitative estimate of drug-likeness (QED) is 0.538. The molecular weight excluding hydrogens is 372 g/mol. The fourth-order valence-corrected chi connectivity index (χ4v) is 7.10. The molecule has 30 heavy (non-hydrogen) atoms. The molecule has 3 aromatic rings. The number of phenolic OH excluding ortho intramolecular Hbond substituents is 1. The second-order valence-corrected chi connectivity index (χ2v) is 10.0. The van der Waals surface area contributed by atoms with Crippen molar-refractivity contribution in [2.24, 2.45) is 17.8 Å². The topological polar surface area (TPSA) is 57.5 Å². The van der Waals surface area contributed by atoms with E-state index >= 15 is 0 Å². The van der Waals surface area contributed by atoms with Crippen molar-refractivity contribution in [1.29, 1.82) is 0 Å². The molecule has 4 bridgehead atoms. The van der Waals surface area contributed by atoms with E-state index in [1.807, 2.05) is 30.3 Å². The Balaban J connectivity index is 1.43. The highest BCUT2D eigenvalue weighted by Crippen LogP contribution is 2.61. The molecule has 0 radical (unpaired) electrons. The molecule has 3 aromatic carbocycles.